The molecule has 0 bridgehead atoms. The van der Waals surface area contributed by atoms with Crippen molar-refractivity contribution in [3.63, 3.8) is 0 Å². The first-order valence-electron chi connectivity index (χ1n) is 5.02. The van der Waals surface area contributed by atoms with Crippen LogP contribution in [0.4, 0.5) is 5.69 Å². The van der Waals surface area contributed by atoms with Crippen LogP contribution >= 0.6 is 0 Å². The summed E-state index contributed by atoms with van der Waals surface area (Å²) in [6.07, 6.45) is 0. The number of ether oxygens (including phenoxy) is 2. The molecule has 18 heavy (non-hydrogen) atoms. The van der Waals surface area contributed by atoms with Gasteiger partial charge in [0.05, 0.1) is 17.1 Å². The maximum Gasteiger partial charge on any atom is 0.311 e. The Morgan fingerprint density at radius 2 is 2.22 bits per heavy atom. The van der Waals surface area contributed by atoms with Crippen LogP contribution in [0.2, 0.25) is 0 Å². The average molecular weight is 255 g/mol. The Morgan fingerprint density at radius 3 is 2.78 bits per heavy atom. The second-order valence-electron chi connectivity index (χ2n) is 3.23. The molecule has 0 saturated carbocycles. The minimum absolute atomic E-state index is 0.00260. The predicted octanol–water partition coefficient (Wildman–Crippen LogP) is 0.224. The second-order valence-corrected chi connectivity index (χ2v) is 3.23. The summed E-state index contributed by atoms with van der Waals surface area (Å²) in [5, 5.41) is 10.8. The summed E-state index contributed by atoms with van der Waals surface area (Å²) < 4.78 is 9.98. The molecule has 0 spiro atoms. The van der Waals surface area contributed by atoms with E-state index in [1.54, 1.807) is 0 Å². The number of carbonyl (C=O) groups is 1. The number of nitrogens with two attached hydrogens (primary N) is 1. The number of hydrazine groups is 1. The van der Waals surface area contributed by atoms with E-state index in [0.717, 1.165) is 0 Å². The van der Waals surface area contributed by atoms with Gasteiger partial charge in [0.2, 0.25) is 5.75 Å². The van der Waals surface area contributed by atoms with Gasteiger partial charge in [-0.25, -0.2) is 5.84 Å². The molecule has 8 heteroatoms. The number of hydrogen-bond donors (Lipinski definition) is 2. The van der Waals surface area contributed by atoms with Gasteiger partial charge >= 0.3 is 5.69 Å². The Hall–Kier alpha value is -2.19. The third-order valence-electron chi connectivity index (χ3n) is 2.10. The Balaban J connectivity index is 3.12. The molecule has 0 unspecified atom stereocenters. The number of benzene rings is 1. The maximum atomic E-state index is 11.5. The van der Waals surface area contributed by atoms with Crippen LogP contribution in [0.15, 0.2) is 18.2 Å². The van der Waals surface area contributed by atoms with Crippen LogP contribution in [0.1, 0.15) is 10.4 Å². The molecule has 1 aromatic carbocycles. The van der Waals surface area contributed by atoms with Crippen LogP contribution in [0, 0.1) is 10.1 Å². The Bertz CT molecular complexity index is 449. The summed E-state index contributed by atoms with van der Waals surface area (Å²) in [6, 6.07) is 4.01. The van der Waals surface area contributed by atoms with Gasteiger partial charge in [-0.2, -0.15) is 0 Å². The molecule has 0 aliphatic carbocycles. The molecular weight excluding hydrogens is 242 g/mol. The van der Waals surface area contributed by atoms with E-state index in [-0.39, 0.29) is 30.2 Å². The van der Waals surface area contributed by atoms with Crippen molar-refractivity contribution in [2.24, 2.45) is 5.84 Å². The molecule has 0 aliphatic heterocycles. The van der Waals surface area contributed by atoms with Crippen molar-refractivity contribution in [3.05, 3.63) is 33.9 Å². The fraction of sp³-hybridized carbons (Fsp3) is 0.300. The van der Waals surface area contributed by atoms with Crippen molar-refractivity contribution in [2.45, 2.75) is 0 Å². The van der Waals surface area contributed by atoms with Crippen LogP contribution in [0.25, 0.3) is 0 Å². The first-order chi connectivity index (χ1) is 8.61. The van der Waals surface area contributed by atoms with Crippen molar-refractivity contribution in [1.82, 2.24) is 5.43 Å². The largest absolute Gasteiger partial charge is 0.484 e. The second kappa shape index (κ2) is 6.52. The number of carbonyl (C=O) groups excluding carboxylic acids is 1. The van der Waals surface area contributed by atoms with E-state index in [2.05, 4.69) is 0 Å². The molecule has 0 saturated heterocycles. The first kappa shape index (κ1) is 13.9. The Kier molecular flexibility index (Phi) is 5.03. The number of hydrogen-bond acceptors (Lipinski definition) is 6. The third kappa shape index (κ3) is 3.15. The van der Waals surface area contributed by atoms with Crippen molar-refractivity contribution < 1.29 is 19.2 Å². The lowest BCUT2D eigenvalue weighted by Crippen LogP contribution is -2.30. The topological polar surface area (TPSA) is 117 Å². The summed E-state index contributed by atoms with van der Waals surface area (Å²) in [6.45, 7) is 0.335. The van der Waals surface area contributed by atoms with Crippen molar-refractivity contribution in [2.75, 3.05) is 20.3 Å². The lowest BCUT2D eigenvalue weighted by atomic mass is 10.1. The van der Waals surface area contributed by atoms with E-state index in [4.69, 9.17) is 15.3 Å². The van der Waals surface area contributed by atoms with Gasteiger partial charge in [-0.15, -0.1) is 0 Å². The summed E-state index contributed by atoms with van der Waals surface area (Å²) in [7, 11) is 1.47. The number of rotatable bonds is 6. The van der Waals surface area contributed by atoms with Crippen LogP contribution in [-0.4, -0.2) is 31.2 Å². The number of nitro benzene ring substituents is 1. The highest BCUT2D eigenvalue weighted by Crippen LogP contribution is 2.30. The van der Waals surface area contributed by atoms with E-state index in [1.807, 2.05) is 5.43 Å². The summed E-state index contributed by atoms with van der Waals surface area (Å²) in [5.74, 6) is 4.22. The summed E-state index contributed by atoms with van der Waals surface area (Å²) in [5.41, 5.74) is 1.61. The Morgan fingerprint density at radius 1 is 1.50 bits per heavy atom. The van der Waals surface area contributed by atoms with Crippen LogP contribution in [-0.2, 0) is 4.74 Å². The number of nitrogen functional groups attached to an aromatic ring is 1. The predicted molar refractivity (Wildman–Crippen MR) is 62.1 cm³/mol. The molecule has 1 rings (SSSR count). The van der Waals surface area contributed by atoms with Gasteiger partial charge in [-0.05, 0) is 6.07 Å². The van der Waals surface area contributed by atoms with Gasteiger partial charge in [-0.1, -0.05) is 6.07 Å². The summed E-state index contributed by atoms with van der Waals surface area (Å²) in [4.78, 5) is 21.7. The van der Waals surface area contributed by atoms with Gasteiger partial charge in [0.25, 0.3) is 5.91 Å². The van der Waals surface area contributed by atoms with Gasteiger partial charge in [0, 0.05) is 13.2 Å². The zero-order valence-corrected chi connectivity index (χ0v) is 9.71. The lowest BCUT2D eigenvalue weighted by Gasteiger charge is -2.10. The SMILES string of the molecule is COCCOc1c(C(=O)NN)cccc1[N+](=O)[O-]. The minimum Gasteiger partial charge on any atom is -0.484 e. The molecule has 0 atom stereocenters. The molecule has 0 aromatic heterocycles. The molecule has 1 aromatic rings. The first-order valence-corrected chi connectivity index (χ1v) is 5.02. The quantitative estimate of drug-likeness (QED) is 0.247. The molecule has 0 aliphatic rings. The fourth-order valence-electron chi connectivity index (χ4n) is 1.30. The van der Waals surface area contributed by atoms with Crippen LogP contribution in [0.5, 0.6) is 5.75 Å². The highest BCUT2D eigenvalue weighted by Gasteiger charge is 2.22. The number of nitro groups is 1. The molecule has 8 nitrogen and oxygen atoms in total. The molecular formula is C10H13N3O5. The van der Waals surface area contributed by atoms with E-state index in [0.29, 0.717) is 0 Å². The van der Waals surface area contributed by atoms with E-state index >= 15 is 0 Å². The molecule has 98 valence electrons. The zero-order valence-electron chi connectivity index (χ0n) is 9.71. The van der Waals surface area contributed by atoms with Crippen LogP contribution in [0.3, 0.4) is 0 Å². The van der Waals surface area contributed by atoms with Gasteiger partial charge < -0.3 is 9.47 Å². The molecule has 0 heterocycles. The maximum absolute atomic E-state index is 11.5. The molecule has 0 fully saturated rings. The van der Waals surface area contributed by atoms with Crippen molar-refractivity contribution in [1.29, 1.82) is 0 Å². The van der Waals surface area contributed by atoms with Gasteiger partial charge in [-0.3, -0.25) is 20.3 Å². The minimum atomic E-state index is -0.661. The van der Waals surface area contributed by atoms with E-state index < -0.39 is 10.8 Å². The van der Waals surface area contributed by atoms with Gasteiger partial charge in [0.15, 0.2) is 0 Å². The smallest absolute Gasteiger partial charge is 0.311 e. The molecule has 0 radical (unpaired) electrons. The average Bonchev–Trinajstić information content (AvgIpc) is 2.38. The van der Waals surface area contributed by atoms with Crippen LogP contribution < -0.4 is 16.0 Å². The third-order valence-corrected chi connectivity index (χ3v) is 2.10. The number of para-hydroxylation sites is 1. The number of methoxy groups -OCH3 is 1. The number of amides is 1. The Labute approximate surface area is 103 Å². The van der Waals surface area contributed by atoms with E-state index in [9.17, 15) is 14.9 Å². The highest BCUT2D eigenvalue weighted by atomic mass is 16.6. The fourth-order valence-corrected chi connectivity index (χ4v) is 1.30. The monoisotopic (exact) mass is 255 g/mol. The van der Waals surface area contributed by atoms with Crippen molar-refractivity contribution in [3.8, 4) is 5.75 Å². The lowest BCUT2D eigenvalue weighted by molar-refractivity contribution is -0.385. The van der Waals surface area contributed by atoms with Crippen molar-refractivity contribution >= 4 is 11.6 Å². The summed E-state index contributed by atoms with van der Waals surface area (Å²) >= 11 is 0. The highest BCUT2D eigenvalue weighted by molar-refractivity contribution is 5.97. The van der Waals surface area contributed by atoms with Gasteiger partial charge in [0.1, 0.15) is 6.61 Å². The normalized spacial score (nSPS) is 9.89. The van der Waals surface area contributed by atoms with E-state index in [1.165, 1.54) is 25.3 Å². The zero-order chi connectivity index (χ0) is 13.5. The standard InChI is InChI=1S/C10H13N3O5/c1-17-5-6-18-9-7(10(14)12-11)3-2-4-8(9)13(15)16/h2-4H,5-6,11H2,1H3,(H,12,14). The number of nitrogens with zero attached hydrogens (tertiary/aromatic N) is 1. The molecule has 1 amide bonds. The number of nitrogens with one attached hydrogen (secondary N) is 1. The molecule has 3 N–H and O–H groups in total.